The van der Waals surface area contributed by atoms with Gasteiger partial charge in [-0.1, -0.05) is 0 Å². The molecule has 106 valence electrons. The van der Waals surface area contributed by atoms with Crippen molar-refractivity contribution in [3.63, 3.8) is 0 Å². The molecule has 0 aliphatic heterocycles. The number of hydrogen-bond acceptors (Lipinski definition) is 5. The van der Waals surface area contributed by atoms with Crippen molar-refractivity contribution in [3.8, 4) is 5.88 Å². The first-order valence-electron chi connectivity index (χ1n) is 4.90. The normalized spacial score (nSPS) is 11.5. The van der Waals surface area contributed by atoms with Crippen molar-refractivity contribution in [2.45, 2.75) is 12.3 Å². The number of pyridine rings is 1. The molecule has 0 aromatic carbocycles. The lowest BCUT2D eigenvalue weighted by Crippen LogP contribution is -2.34. The average Bonchev–Trinajstić information content (AvgIpc) is 2.35. The number of anilines is 1. The second-order valence-electron chi connectivity index (χ2n) is 3.38. The molecule has 0 fully saturated rings. The van der Waals surface area contributed by atoms with Crippen LogP contribution in [-0.4, -0.2) is 35.9 Å². The van der Waals surface area contributed by atoms with Crippen LogP contribution in [0.4, 0.5) is 29.1 Å². The number of hydrogen-bond donors (Lipinski definition) is 1. The Morgan fingerprint density at radius 1 is 1.53 bits per heavy atom. The lowest BCUT2D eigenvalue weighted by atomic mass is 10.3. The summed E-state index contributed by atoms with van der Waals surface area (Å²) in [6.45, 7) is -1.70. The Hall–Kier alpha value is -2.13. The van der Waals surface area contributed by atoms with E-state index in [9.17, 15) is 27.7 Å². The summed E-state index contributed by atoms with van der Waals surface area (Å²) in [5.41, 5.74) is -0.691. The van der Waals surface area contributed by atoms with Gasteiger partial charge in [-0.2, -0.15) is 13.8 Å². The maximum atomic E-state index is 12.7. The van der Waals surface area contributed by atoms with Crippen molar-refractivity contribution in [2.24, 2.45) is 0 Å². The molecule has 1 aromatic rings. The fourth-order valence-electron chi connectivity index (χ4n) is 1.05. The van der Waals surface area contributed by atoms with Crippen molar-refractivity contribution < 1.29 is 27.2 Å². The minimum atomic E-state index is -4.41. The first kappa shape index (κ1) is 14.9. The number of nitrogens with one attached hydrogen (secondary N) is 1. The molecule has 0 radical (unpaired) electrons. The number of alkyl halides is 4. The average molecular weight is 283 g/mol. The van der Waals surface area contributed by atoms with Gasteiger partial charge in [0, 0.05) is 13.1 Å². The number of aromatic nitrogens is 1. The third-order valence-corrected chi connectivity index (χ3v) is 2.01. The van der Waals surface area contributed by atoms with Crippen molar-refractivity contribution in [3.05, 3.63) is 22.2 Å². The topological polar surface area (TPSA) is 77.3 Å². The molecule has 0 unspecified atom stereocenters. The Morgan fingerprint density at radius 2 is 2.16 bits per heavy atom. The second kappa shape index (κ2) is 5.67. The van der Waals surface area contributed by atoms with Crippen LogP contribution in [0.15, 0.2) is 12.1 Å². The van der Waals surface area contributed by atoms with E-state index in [4.69, 9.17) is 0 Å². The van der Waals surface area contributed by atoms with E-state index >= 15 is 0 Å². The second-order valence-corrected chi connectivity index (χ2v) is 3.38. The van der Waals surface area contributed by atoms with Crippen LogP contribution in [-0.2, 0) is 0 Å². The number of nitrogens with zero attached hydrogens (tertiary/aromatic N) is 2. The zero-order valence-corrected chi connectivity index (χ0v) is 9.57. The van der Waals surface area contributed by atoms with Gasteiger partial charge >= 0.3 is 18.0 Å². The van der Waals surface area contributed by atoms with Crippen LogP contribution >= 0.6 is 0 Å². The van der Waals surface area contributed by atoms with E-state index in [0.717, 1.165) is 6.07 Å². The van der Waals surface area contributed by atoms with Crippen LogP contribution in [0, 0.1) is 10.1 Å². The molecular formula is C9H9F4N3O3. The van der Waals surface area contributed by atoms with Crippen molar-refractivity contribution in [2.75, 3.05) is 19.0 Å². The monoisotopic (exact) mass is 283 g/mol. The molecule has 0 aliphatic carbocycles. The van der Waals surface area contributed by atoms with E-state index in [2.05, 4.69) is 15.0 Å². The zero-order chi connectivity index (χ0) is 14.6. The highest BCUT2D eigenvalue weighted by Crippen LogP contribution is 2.29. The van der Waals surface area contributed by atoms with Crippen molar-refractivity contribution >= 4 is 11.5 Å². The summed E-state index contributed by atoms with van der Waals surface area (Å²) in [7, 11) is 1.44. The molecule has 0 bridgehead atoms. The first-order chi connectivity index (χ1) is 8.77. The molecule has 0 aliphatic rings. The van der Waals surface area contributed by atoms with Gasteiger partial charge in [0.15, 0.2) is 6.61 Å². The summed E-state index contributed by atoms with van der Waals surface area (Å²) >= 11 is 0. The Labute approximate surface area is 104 Å². The molecule has 0 amide bonds. The molecule has 10 heteroatoms. The van der Waals surface area contributed by atoms with E-state index in [0.29, 0.717) is 0 Å². The summed E-state index contributed by atoms with van der Waals surface area (Å²) in [5, 5.41) is 13.1. The molecule has 1 heterocycles. The van der Waals surface area contributed by atoms with Gasteiger partial charge in [0.1, 0.15) is 5.82 Å². The summed E-state index contributed by atoms with van der Waals surface area (Å²) in [4.78, 5) is 13.2. The van der Waals surface area contributed by atoms with E-state index in [1.54, 1.807) is 0 Å². The predicted octanol–water partition coefficient (Wildman–Crippen LogP) is 2.31. The Morgan fingerprint density at radius 3 is 2.63 bits per heavy atom. The molecule has 1 N–H and O–H groups in total. The minimum absolute atomic E-state index is 0.112. The maximum Gasteiger partial charge on any atom is 0.340 e. The van der Waals surface area contributed by atoms with Crippen LogP contribution in [0.5, 0.6) is 5.88 Å². The third-order valence-electron chi connectivity index (χ3n) is 2.01. The SMILES string of the molecule is CNc1ccc([N+](=O)[O-])c(OCC(F)(F)C(F)F)n1. The van der Waals surface area contributed by atoms with Gasteiger partial charge in [-0.25, -0.2) is 8.78 Å². The van der Waals surface area contributed by atoms with Gasteiger partial charge in [0.25, 0.3) is 5.88 Å². The molecular weight excluding hydrogens is 274 g/mol. The standard InChI is InChI=1S/C9H9F4N3O3/c1-14-6-3-2-5(16(17)18)7(15-6)19-4-9(12,13)8(10)11/h2-3,8H,4H2,1H3,(H,14,15). The van der Waals surface area contributed by atoms with Gasteiger partial charge in [-0.3, -0.25) is 10.1 Å². The lowest BCUT2D eigenvalue weighted by Gasteiger charge is -2.15. The van der Waals surface area contributed by atoms with Crippen LogP contribution in [0.3, 0.4) is 0 Å². The largest absolute Gasteiger partial charge is 0.466 e. The van der Waals surface area contributed by atoms with Gasteiger partial charge in [0.2, 0.25) is 0 Å². The highest BCUT2D eigenvalue weighted by Gasteiger charge is 2.42. The van der Waals surface area contributed by atoms with Crippen LogP contribution in [0.25, 0.3) is 0 Å². The molecule has 0 saturated carbocycles. The molecule has 0 saturated heterocycles. The van der Waals surface area contributed by atoms with Crippen LogP contribution in [0.1, 0.15) is 0 Å². The zero-order valence-electron chi connectivity index (χ0n) is 9.57. The quantitative estimate of drug-likeness (QED) is 0.492. The molecule has 0 spiro atoms. The number of nitro groups is 1. The van der Waals surface area contributed by atoms with E-state index in [1.807, 2.05) is 0 Å². The van der Waals surface area contributed by atoms with Crippen LogP contribution in [0.2, 0.25) is 0 Å². The lowest BCUT2D eigenvalue weighted by molar-refractivity contribution is -0.386. The van der Waals surface area contributed by atoms with Crippen LogP contribution < -0.4 is 10.1 Å². The Balaban J connectivity index is 2.95. The van der Waals surface area contributed by atoms with E-state index in [1.165, 1.54) is 13.1 Å². The Kier molecular flexibility index (Phi) is 4.46. The van der Waals surface area contributed by atoms with Crippen molar-refractivity contribution in [1.29, 1.82) is 0 Å². The minimum Gasteiger partial charge on any atom is -0.466 e. The summed E-state index contributed by atoms with van der Waals surface area (Å²) in [6.07, 6.45) is -3.93. The number of rotatable bonds is 6. The fourth-order valence-corrected chi connectivity index (χ4v) is 1.05. The van der Waals surface area contributed by atoms with Gasteiger partial charge in [0.05, 0.1) is 4.92 Å². The highest BCUT2D eigenvalue weighted by atomic mass is 19.3. The number of ether oxygens (including phenoxy) is 1. The van der Waals surface area contributed by atoms with Gasteiger partial charge in [-0.05, 0) is 6.07 Å². The smallest absolute Gasteiger partial charge is 0.340 e. The summed E-state index contributed by atoms with van der Waals surface area (Å²) < 4.78 is 53.5. The van der Waals surface area contributed by atoms with E-state index in [-0.39, 0.29) is 5.82 Å². The van der Waals surface area contributed by atoms with Gasteiger partial charge in [-0.15, -0.1) is 0 Å². The summed E-state index contributed by atoms with van der Waals surface area (Å²) in [5.74, 6) is -5.05. The summed E-state index contributed by atoms with van der Waals surface area (Å²) in [6, 6.07) is 2.19. The van der Waals surface area contributed by atoms with Crippen molar-refractivity contribution in [1.82, 2.24) is 4.98 Å². The van der Waals surface area contributed by atoms with E-state index < -0.39 is 35.4 Å². The fraction of sp³-hybridized carbons (Fsp3) is 0.444. The Bertz CT molecular complexity index is 470. The first-order valence-corrected chi connectivity index (χ1v) is 4.90. The third kappa shape index (κ3) is 3.66. The highest BCUT2D eigenvalue weighted by molar-refractivity contribution is 5.48. The maximum absolute atomic E-state index is 12.7. The van der Waals surface area contributed by atoms with Gasteiger partial charge < -0.3 is 10.1 Å². The molecule has 1 aromatic heterocycles. The predicted molar refractivity (Wildman–Crippen MR) is 56.9 cm³/mol. The molecule has 19 heavy (non-hydrogen) atoms. The number of halogens is 4. The molecule has 0 atom stereocenters. The molecule has 1 rings (SSSR count). The molecule has 6 nitrogen and oxygen atoms in total.